The van der Waals surface area contributed by atoms with E-state index in [2.05, 4.69) is 36.7 Å². The summed E-state index contributed by atoms with van der Waals surface area (Å²) in [6.45, 7) is 6.86. The molecule has 0 aromatic rings. The van der Waals surface area contributed by atoms with Gasteiger partial charge in [0.15, 0.2) is 0 Å². The third-order valence-corrected chi connectivity index (χ3v) is 7.08. The van der Waals surface area contributed by atoms with Gasteiger partial charge in [-0.2, -0.15) is 0 Å². The first kappa shape index (κ1) is 14.4. The maximum absolute atomic E-state index is 11.3. The molecule has 2 aliphatic heterocycles. The Morgan fingerprint density at radius 3 is 2.65 bits per heavy atom. The van der Waals surface area contributed by atoms with E-state index in [0.29, 0.717) is 16.3 Å². The SMILES string of the molecule is CC1(C)C2C[C@@H](C3=C(O)C(=O)OC3)O[C@@]2(C)CC[C@@H]1Br. The van der Waals surface area contributed by atoms with Crippen LogP contribution >= 0.6 is 15.9 Å². The van der Waals surface area contributed by atoms with Crippen molar-refractivity contribution < 1.29 is 19.4 Å². The molecule has 1 unspecified atom stereocenters. The maximum atomic E-state index is 11.3. The number of aliphatic hydroxyl groups is 1. The van der Waals surface area contributed by atoms with Crippen LogP contribution in [-0.2, 0) is 14.3 Å². The predicted molar refractivity (Wildman–Crippen MR) is 77.7 cm³/mol. The summed E-state index contributed by atoms with van der Waals surface area (Å²) in [6.07, 6.45) is 2.71. The van der Waals surface area contributed by atoms with Gasteiger partial charge in [-0.3, -0.25) is 0 Å². The third-order valence-electron chi connectivity index (χ3n) is 5.44. The molecule has 5 heteroatoms. The zero-order valence-electron chi connectivity index (χ0n) is 12.1. The van der Waals surface area contributed by atoms with E-state index in [9.17, 15) is 9.90 Å². The number of hydrogen-bond donors (Lipinski definition) is 1. The van der Waals surface area contributed by atoms with Crippen LogP contribution < -0.4 is 0 Å². The van der Waals surface area contributed by atoms with Gasteiger partial charge in [0.1, 0.15) is 6.61 Å². The molecule has 0 amide bonds. The van der Waals surface area contributed by atoms with Crippen molar-refractivity contribution in [3.63, 3.8) is 0 Å². The second-order valence-corrected chi connectivity index (χ2v) is 8.09. The first-order chi connectivity index (χ1) is 9.25. The molecule has 4 nitrogen and oxygen atoms in total. The fourth-order valence-electron chi connectivity index (χ4n) is 4.12. The smallest absolute Gasteiger partial charge is 0.373 e. The maximum Gasteiger partial charge on any atom is 0.373 e. The molecule has 0 aromatic heterocycles. The molecule has 3 rings (SSSR count). The molecular formula is C15H21BrO4. The highest BCUT2D eigenvalue weighted by atomic mass is 79.9. The molecule has 1 aliphatic carbocycles. The van der Waals surface area contributed by atoms with Crippen LogP contribution in [0.5, 0.6) is 0 Å². The number of rotatable bonds is 1. The van der Waals surface area contributed by atoms with Crippen LogP contribution in [0.4, 0.5) is 0 Å². The number of hydrogen-bond acceptors (Lipinski definition) is 4. The van der Waals surface area contributed by atoms with E-state index in [4.69, 9.17) is 9.47 Å². The molecule has 0 aromatic carbocycles. The van der Waals surface area contributed by atoms with Crippen molar-refractivity contribution in [2.45, 2.75) is 56.6 Å². The first-order valence-electron chi connectivity index (χ1n) is 7.17. The minimum absolute atomic E-state index is 0.126. The molecule has 1 saturated carbocycles. The number of fused-ring (bicyclic) bond motifs is 1. The molecule has 1 N–H and O–H groups in total. The molecule has 0 bridgehead atoms. The Morgan fingerprint density at radius 1 is 1.35 bits per heavy atom. The Hall–Kier alpha value is -0.550. The summed E-state index contributed by atoms with van der Waals surface area (Å²) in [5.74, 6) is -0.471. The molecule has 0 spiro atoms. The predicted octanol–water partition coefficient (Wildman–Crippen LogP) is 3.10. The van der Waals surface area contributed by atoms with Gasteiger partial charge in [0.05, 0.1) is 11.7 Å². The lowest BCUT2D eigenvalue weighted by atomic mass is 9.61. The lowest BCUT2D eigenvalue weighted by Crippen LogP contribution is -2.49. The number of aliphatic hydroxyl groups excluding tert-OH is 1. The van der Waals surface area contributed by atoms with Crippen LogP contribution in [0.3, 0.4) is 0 Å². The number of cyclic esters (lactones) is 1. The van der Waals surface area contributed by atoms with Gasteiger partial charge in [0.25, 0.3) is 0 Å². The van der Waals surface area contributed by atoms with Gasteiger partial charge in [0, 0.05) is 10.4 Å². The highest BCUT2D eigenvalue weighted by Gasteiger charge is 2.57. The minimum atomic E-state index is -0.624. The van der Waals surface area contributed by atoms with Crippen molar-refractivity contribution in [1.29, 1.82) is 0 Å². The number of alkyl halides is 1. The van der Waals surface area contributed by atoms with Gasteiger partial charge in [-0.05, 0) is 37.5 Å². The number of ether oxygens (including phenoxy) is 2. The molecule has 20 heavy (non-hydrogen) atoms. The fraction of sp³-hybridized carbons (Fsp3) is 0.800. The Bertz CT molecular complexity index is 484. The van der Waals surface area contributed by atoms with Crippen LogP contribution in [0.2, 0.25) is 0 Å². The van der Waals surface area contributed by atoms with Crippen LogP contribution in [0.15, 0.2) is 11.3 Å². The largest absolute Gasteiger partial charge is 0.502 e. The summed E-state index contributed by atoms with van der Waals surface area (Å²) < 4.78 is 11.2. The van der Waals surface area contributed by atoms with Crippen molar-refractivity contribution in [2.24, 2.45) is 11.3 Å². The van der Waals surface area contributed by atoms with Crippen LogP contribution in [0, 0.1) is 11.3 Å². The van der Waals surface area contributed by atoms with Crippen molar-refractivity contribution in [3.05, 3.63) is 11.3 Å². The average Bonchev–Trinajstić information content (AvgIpc) is 2.89. The molecule has 0 radical (unpaired) electrons. The first-order valence-corrected chi connectivity index (χ1v) is 8.08. The van der Waals surface area contributed by atoms with Gasteiger partial charge < -0.3 is 14.6 Å². The zero-order chi connectivity index (χ0) is 14.7. The molecule has 3 aliphatic rings. The number of esters is 1. The third kappa shape index (κ3) is 1.93. The van der Waals surface area contributed by atoms with Crippen molar-refractivity contribution in [3.8, 4) is 0 Å². The number of carbonyl (C=O) groups is 1. The molecule has 2 heterocycles. The van der Waals surface area contributed by atoms with E-state index in [1.165, 1.54) is 0 Å². The van der Waals surface area contributed by atoms with Gasteiger partial charge in [0.2, 0.25) is 5.76 Å². The molecule has 4 atom stereocenters. The summed E-state index contributed by atoms with van der Waals surface area (Å²) in [6, 6.07) is 0. The van der Waals surface area contributed by atoms with E-state index >= 15 is 0 Å². The van der Waals surface area contributed by atoms with Gasteiger partial charge >= 0.3 is 5.97 Å². The van der Waals surface area contributed by atoms with Gasteiger partial charge in [-0.15, -0.1) is 0 Å². The number of carbonyl (C=O) groups excluding carboxylic acids is 1. The van der Waals surface area contributed by atoms with Gasteiger partial charge in [-0.1, -0.05) is 29.8 Å². The van der Waals surface area contributed by atoms with E-state index in [1.807, 2.05) is 0 Å². The second kappa shape index (κ2) is 4.47. The normalized spacial score (nSPS) is 43.6. The van der Waals surface area contributed by atoms with Crippen LogP contribution in [0.1, 0.15) is 40.0 Å². The average molecular weight is 345 g/mol. The second-order valence-electron chi connectivity index (χ2n) is 6.99. The van der Waals surface area contributed by atoms with E-state index in [-0.39, 0.29) is 29.5 Å². The van der Waals surface area contributed by atoms with Crippen LogP contribution in [0.25, 0.3) is 0 Å². The molecule has 112 valence electrons. The fourth-order valence-corrected chi connectivity index (χ4v) is 4.66. The van der Waals surface area contributed by atoms with Crippen molar-refractivity contribution in [1.82, 2.24) is 0 Å². The summed E-state index contributed by atoms with van der Waals surface area (Å²) in [4.78, 5) is 11.8. The molecular weight excluding hydrogens is 324 g/mol. The van der Waals surface area contributed by atoms with Gasteiger partial charge in [-0.25, -0.2) is 4.79 Å². The van der Waals surface area contributed by atoms with E-state index in [0.717, 1.165) is 19.3 Å². The Labute approximate surface area is 127 Å². The van der Waals surface area contributed by atoms with E-state index < -0.39 is 5.97 Å². The highest BCUT2D eigenvalue weighted by Crippen LogP contribution is 2.57. The summed E-state index contributed by atoms with van der Waals surface area (Å²) >= 11 is 3.80. The van der Waals surface area contributed by atoms with E-state index in [1.54, 1.807) is 0 Å². The Morgan fingerprint density at radius 2 is 2.05 bits per heavy atom. The lowest BCUT2D eigenvalue weighted by molar-refractivity contribution is -0.138. The number of halogens is 1. The topological polar surface area (TPSA) is 55.8 Å². The quantitative estimate of drug-likeness (QED) is 0.586. The Balaban J connectivity index is 1.89. The van der Waals surface area contributed by atoms with Crippen molar-refractivity contribution >= 4 is 21.9 Å². The summed E-state index contributed by atoms with van der Waals surface area (Å²) in [7, 11) is 0. The Kier molecular flexibility index (Phi) is 3.22. The summed E-state index contributed by atoms with van der Waals surface area (Å²) in [5, 5.41) is 9.83. The standard InChI is InChI=1S/C15H21BrO4/c1-14(2)10-6-9(8-7-19-13(18)12(8)17)20-15(10,3)5-4-11(14)16/h9-11,17H,4-7H2,1-3H3/t9-,10?,11-,15-/m0/s1. The van der Waals surface area contributed by atoms with Crippen molar-refractivity contribution in [2.75, 3.05) is 6.61 Å². The molecule has 1 saturated heterocycles. The zero-order valence-corrected chi connectivity index (χ0v) is 13.7. The lowest BCUT2D eigenvalue weighted by Gasteiger charge is -2.48. The monoisotopic (exact) mass is 344 g/mol. The van der Waals surface area contributed by atoms with Crippen LogP contribution in [-0.4, -0.2) is 34.2 Å². The molecule has 2 fully saturated rings. The summed E-state index contributed by atoms with van der Waals surface area (Å²) in [5.41, 5.74) is 0.561. The minimum Gasteiger partial charge on any atom is -0.502 e. The highest BCUT2D eigenvalue weighted by molar-refractivity contribution is 9.09.